The summed E-state index contributed by atoms with van der Waals surface area (Å²) in [7, 11) is 2.19. The van der Waals surface area contributed by atoms with Crippen molar-refractivity contribution in [1.82, 2.24) is 15.1 Å². The minimum Gasteiger partial charge on any atom is -0.454 e. The fourth-order valence-corrected chi connectivity index (χ4v) is 3.70. The molecule has 25 heavy (non-hydrogen) atoms. The Labute approximate surface area is 156 Å². The Morgan fingerprint density at radius 3 is 2.80 bits per heavy atom. The van der Waals surface area contributed by atoms with Crippen LogP contribution in [0.5, 0.6) is 11.5 Å². The van der Waals surface area contributed by atoms with Crippen LogP contribution in [0.3, 0.4) is 0 Å². The van der Waals surface area contributed by atoms with Gasteiger partial charge in [0.1, 0.15) is 0 Å². The standard InChI is InChI=1S/C19H29N3O2S/c1-3-4-9-20-19(25)22(16-7-10-21(2)11-8-16)13-15-5-6-17-18(12-15)24-14-23-17/h5-6,12,16H,3-4,7-11,13-14H2,1-2H3,(H,20,25). The van der Waals surface area contributed by atoms with Crippen molar-refractivity contribution in [3.05, 3.63) is 23.8 Å². The van der Waals surface area contributed by atoms with Crippen LogP contribution in [0.2, 0.25) is 0 Å². The molecule has 0 spiro atoms. The molecule has 1 aromatic carbocycles. The summed E-state index contributed by atoms with van der Waals surface area (Å²) in [5.41, 5.74) is 1.21. The van der Waals surface area contributed by atoms with Gasteiger partial charge < -0.3 is 24.6 Å². The first-order valence-electron chi connectivity index (χ1n) is 9.29. The molecule has 2 heterocycles. The molecule has 0 amide bonds. The van der Waals surface area contributed by atoms with Gasteiger partial charge in [-0.25, -0.2) is 0 Å². The van der Waals surface area contributed by atoms with E-state index < -0.39 is 0 Å². The van der Waals surface area contributed by atoms with Gasteiger partial charge in [-0.3, -0.25) is 0 Å². The Morgan fingerprint density at radius 1 is 1.28 bits per heavy atom. The fourth-order valence-electron chi connectivity index (χ4n) is 3.38. The smallest absolute Gasteiger partial charge is 0.231 e. The van der Waals surface area contributed by atoms with Crippen molar-refractivity contribution in [2.45, 2.75) is 45.2 Å². The molecule has 5 nitrogen and oxygen atoms in total. The van der Waals surface area contributed by atoms with Crippen LogP contribution in [0, 0.1) is 0 Å². The van der Waals surface area contributed by atoms with Crippen molar-refractivity contribution in [2.24, 2.45) is 0 Å². The first kappa shape index (κ1) is 18.3. The highest BCUT2D eigenvalue weighted by molar-refractivity contribution is 7.80. The second-order valence-electron chi connectivity index (χ2n) is 6.94. The van der Waals surface area contributed by atoms with Crippen molar-refractivity contribution in [3.63, 3.8) is 0 Å². The zero-order chi connectivity index (χ0) is 17.6. The predicted octanol–water partition coefficient (Wildman–Crippen LogP) is 2.99. The Hall–Kier alpha value is -1.53. The van der Waals surface area contributed by atoms with Crippen LogP contribution in [-0.4, -0.2) is 54.4 Å². The average Bonchev–Trinajstić information content (AvgIpc) is 3.08. The van der Waals surface area contributed by atoms with Crippen LogP contribution >= 0.6 is 12.2 Å². The molecular weight excluding hydrogens is 334 g/mol. The highest BCUT2D eigenvalue weighted by Crippen LogP contribution is 2.33. The fraction of sp³-hybridized carbons (Fsp3) is 0.632. The largest absolute Gasteiger partial charge is 0.454 e. The molecule has 138 valence electrons. The number of likely N-dealkylation sites (tertiary alicyclic amines) is 1. The third kappa shape index (κ3) is 4.76. The lowest BCUT2D eigenvalue weighted by atomic mass is 10.0. The van der Waals surface area contributed by atoms with Crippen molar-refractivity contribution >= 4 is 17.3 Å². The molecule has 2 aliphatic rings. The number of hydrogen-bond donors (Lipinski definition) is 1. The number of fused-ring (bicyclic) bond motifs is 1. The molecule has 0 radical (unpaired) electrons. The molecule has 1 fully saturated rings. The lowest BCUT2D eigenvalue weighted by Crippen LogP contribution is -2.49. The Bertz CT molecular complexity index is 588. The predicted molar refractivity (Wildman–Crippen MR) is 104 cm³/mol. The van der Waals surface area contributed by atoms with Gasteiger partial charge in [-0.1, -0.05) is 19.4 Å². The summed E-state index contributed by atoms with van der Waals surface area (Å²) in [6.45, 7) is 6.52. The number of thiocarbonyl (C=S) groups is 1. The first-order valence-corrected chi connectivity index (χ1v) is 9.69. The molecule has 1 N–H and O–H groups in total. The van der Waals surface area contributed by atoms with E-state index in [0.717, 1.165) is 62.1 Å². The van der Waals surface area contributed by atoms with Gasteiger partial charge in [0.15, 0.2) is 16.6 Å². The van der Waals surface area contributed by atoms with Gasteiger partial charge in [-0.2, -0.15) is 0 Å². The number of unbranched alkanes of at least 4 members (excludes halogenated alkanes) is 1. The van der Waals surface area contributed by atoms with Crippen molar-refractivity contribution in [3.8, 4) is 11.5 Å². The van der Waals surface area contributed by atoms with E-state index in [-0.39, 0.29) is 0 Å². The molecule has 0 aliphatic carbocycles. The van der Waals surface area contributed by atoms with Gasteiger partial charge in [0.2, 0.25) is 6.79 Å². The Morgan fingerprint density at radius 2 is 2.04 bits per heavy atom. The lowest BCUT2D eigenvalue weighted by Gasteiger charge is -2.39. The van der Waals surface area contributed by atoms with E-state index in [2.05, 4.69) is 41.2 Å². The summed E-state index contributed by atoms with van der Waals surface area (Å²) in [6.07, 6.45) is 4.62. The third-order valence-electron chi connectivity index (χ3n) is 4.99. The van der Waals surface area contributed by atoms with E-state index in [1.165, 1.54) is 12.0 Å². The van der Waals surface area contributed by atoms with Crippen LogP contribution in [0.1, 0.15) is 38.2 Å². The molecular formula is C19H29N3O2S. The van der Waals surface area contributed by atoms with Gasteiger partial charge >= 0.3 is 0 Å². The van der Waals surface area contributed by atoms with Gasteiger partial charge in [0.25, 0.3) is 0 Å². The molecule has 0 atom stereocenters. The topological polar surface area (TPSA) is 37.0 Å². The van der Waals surface area contributed by atoms with Crippen LogP contribution in [0.25, 0.3) is 0 Å². The highest BCUT2D eigenvalue weighted by Gasteiger charge is 2.25. The number of benzene rings is 1. The molecule has 0 aromatic heterocycles. The third-order valence-corrected chi connectivity index (χ3v) is 5.37. The summed E-state index contributed by atoms with van der Waals surface area (Å²) < 4.78 is 10.9. The van der Waals surface area contributed by atoms with E-state index in [1.54, 1.807) is 0 Å². The van der Waals surface area contributed by atoms with Crippen LogP contribution in [-0.2, 0) is 6.54 Å². The van der Waals surface area contributed by atoms with Crippen LogP contribution < -0.4 is 14.8 Å². The summed E-state index contributed by atoms with van der Waals surface area (Å²) in [6, 6.07) is 6.68. The van der Waals surface area contributed by atoms with Crippen molar-refractivity contribution in [2.75, 3.05) is 33.5 Å². The lowest BCUT2D eigenvalue weighted by molar-refractivity contribution is 0.170. The molecule has 3 rings (SSSR count). The van der Waals surface area contributed by atoms with Crippen LogP contribution in [0.15, 0.2) is 18.2 Å². The van der Waals surface area contributed by atoms with Crippen molar-refractivity contribution in [1.29, 1.82) is 0 Å². The summed E-state index contributed by atoms with van der Waals surface area (Å²) >= 11 is 5.74. The summed E-state index contributed by atoms with van der Waals surface area (Å²) in [5, 5.41) is 4.33. The van der Waals surface area contributed by atoms with E-state index >= 15 is 0 Å². The van der Waals surface area contributed by atoms with Gasteiger partial charge in [0.05, 0.1) is 0 Å². The van der Waals surface area contributed by atoms with E-state index in [0.29, 0.717) is 12.8 Å². The molecule has 1 aromatic rings. The van der Waals surface area contributed by atoms with Gasteiger partial charge in [-0.15, -0.1) is 0 Å². The maximum atomic E-state index is 5.74. The minimum atomic E-state index is 0.314. The Kier molecular flexibility index (Phi) is 6.37. The van der Waals surface area contributed by atoms with Crippen LogP contribution in [0.4, 0.5) is 0 Å². The normalized spacial score (nSPS) is 17.5. The molecule has 0 saturated carbocycles. The summed E-state index contributed by atoms with van der Waals surface area (Å²) in [4.78, 5) is 4.76. The van der Waals surface area contributed by atoms with Crippen molar-refractivity contribution < 1.29 is 9.47 Å². The van der Waals surface area contributed by atoms with Gasteiger partial charge in [-0.05, 0) is 69.3 Å². The second-order valence-corrected chi connectivity index (χ2v) is 7.32. The number of ether oxygens (including phenoxy) is 2. The van der Waals surface area contributed by atoms with E-state index in [1.807, 2.05) is 6.07 Å². The van der Waals surface area contributed by atoms with Gasteiger partial charge in [0, 0.05) is 19.1 Å². The summed E-state index contributed by atoms with van der Waals surface area (Å²) in [5.74, 6) is 1.67. The SMILES string of the molecule is CCCCNC(=S)N(Cc1ccc2c(c1)OCO2)C1CCN(C)CC1. The number of nitrogens with zero attached hydrogens (tertiary/aromatic N) is 2. The first-order chi connectivity index (χ1) is 12.2. The Balaban J connectivity index is 1.70. The minimum absolute atomic E-state index is 0.314. The second kappa shape index (κ2) is 8.72. The molecule has 0 unspecified atom stereocenters. The molecule has 2 aliphatic heterocycles. The van der Waals surface area contributed by atoms with E-state index in [9.17, 15) is 0 Å². The molecule has 6 heteroatoms. The van der Waals surface area contributed by atoms with E-state index in [4.69, 9.17) is 21.7 Å². The number of piperidine rings is 1. The molecule has 1 saturated heterocycles. The quantitative estimate of drug-likeness (QED) is 0.619. The number of rotatable bonds is 6. The number of nitrogens with one attached hydrogen (secondary N) is 1. The molecule has 0 bridgehead atoms. The maximum Gasteiger partial charge on any atom is 0.231 e. The highest BCUT2D eigenvalue weighted by atomic mass is 32.1. The number of hydrogen-bond acceptors (Lipinski definition) is 4. The zero-order valence-corrected chi connectivity index (χ0v) is 16.1. The average molecular weight is 364 g/mol. The zero-order valence-electron chi connectivity index (χ0n) is 15.3. The monoisotopic (exact) mass is 363 g/mol. The maximum absolute atomic E-state index is 5.74.